The average Bonchev–Trinajstić information content (AvgIpc) is 2.46. The number of carbonyl (C=O) groups is 1. The number of piperidine rings is 1. The standard InChI is InChI=1S/C13H15BrClNO4S/c1-20-13(17)9-3-2-6-16(8-9)21(18,19)12-5-4-10(14)7-11(12)15/h4-5,7,9H,2-3,6,8H2,1H3. The minimum atomic E-state index is -3.71. The third kappa shape index (κ3) is 3.59. The monoisotopic (exact) mass is 395 g/mol. The molecule has 1 saturated heterocycles. The van der Waals surface area contributed by atoms with Crippen LogP contribution in [0, 0.1) is 5.92 Å². The van der Waals surface area contributed by atoms with Gasteiger partial charge in [-0.25, -0.2) is 8.42 Å². The molecule has 1 fully saturated rings. The van der Waals surface area contributed by atoms with Gasteiger partial charge in [-0.3, -0.25) is 4.79 Å². The van der Waals surface area contributed by atoms with Gasteiger partial charge in [-0.1, -0.05) is 27.5 Å². The largest absolute Gasteiger partial charge is 0.469 e. The van der Waals surface area contributed by atoms with Crippen molar-refractivity contribution in [2.75, 3.05) is 20.2 Å². The molecule has 1 unspecified atom stereocenters. The first-order valence-electron chi connectivity index (χ1n) is 6.39. The number of carbonyl (C=O) groups excluding carboxylic acids is 1. The van der Waals surface area contributed by atoms with E-state index in [1.165, 1.54) is 23.5 Å². The van der Waals surface area contributed by atoms with Crippen molar-refractivity contribution in [2.24, 2.45) is 5.92 Å². The predicted octanol–water partition coefficient (Wildman–Crippen LogP) is 2.68. The van der Waals surface area contributed by atoms with Crippen LogP contribution in [0.4, 0.5) is 0 Å². The number of nitrogens with zero attached hydrogens (tertiary/aromatic N) is 1. The molecule has 0 saturated carbocycles. The van der Waals surface area contributed by atoms with Crippen molar-refractivity contribution in [3.05, 3.63) is 27.7 Å². The zero-order valence-electron chi connectivity index (χ0n) is 11.4. The second kappa shape index (κ2) is 6.64. The van der Waals surface area contributed by atoms with Crippen LogP contribution in [-0.4, -0.2) is 38.9 Å². The summed E-state index contributed by atoms with van der Waals surface area (Å²) in [6, 6.07) is 4.63. The first-order valence-corrected chi connectivity index (χ1v) is 9.00. The van der Waals surface area contributed by atoms with E-state index in [1.54, 1.807) is 6.07 Å². The molecule has 5 nitrogen and oxygen atoms in total. The molecular formula is C13H15BrClNO4S. The highest BCUT2D eigenvalue weighted by Crippen LogP contribution is 2.30. The van der Waals surface area contributed by atoms with Crippen LogP contribution in [0.15, 0.2) is 27.6 Å². The zero-order chi connectivity index (χ0) is 15.6. The number of hydrogen-bond donors (Lipinski definition) is 0. The lowest BCUT2D eigenvalue weighted by molar-refractivity contribution is -0.146. The smallest absolute Gasteiger partial charge is 0.309 e. The summed E-state index contributed by atoms with van der Waals surface area (Å²) in [5.74, 6) is -0.801. The quantitative estimate of drug-likeness (QED) is 0.737. The first kappa shape index (κ1) is 16.7. The average molecular weight is 397 g/mol. The molecule has 0 spiro atoms. The summed E-state index contributed by atoms with van der Waals surface area (Å²) >= 11 is 9.27. The number of ether oxygens (including phenoxy) is 1. The number of halogens is 2. The Kier molecular flexibility index (Phi) is 5.29. The Bertz CT molecular complexity index is 650. The maximum atomic E-state index is 12.6. The van der Waals surface area contributed by atoms with Crippen molar-refractivity contribution in [3.8, 4) is 0 Å². The molecule has 0 bridgehead atoms. The fourth-order valence-corrected chi connectivity index (χ4v) is 4.88. The summed E-state index contributed by atoms with van der Waals surface area (Å²) in [6.07, 6.45) is 1.25. The van der Waals surface area contributed by atoms with Gasteiger partial charge in [-0.05, 0) is 31.0 Å². The van der Waals surface area contributed by atoms with Gasteiger partial charge in [0.15, 0.2) is 0 Å². The van der Waals surface area contributed by atoms with Crippen LogP contribution >= 0.6 is 27.5 Å². The summed E-state index contributed by atoms with van der Waals surface area (Å²) in [7, 11) is -2.40. The van der Waals surface area contributed by atoms with Crippen LogP contribution in [0.3, 0.4) is 0 Å². The Morgan fingerprint density at radius 1 is 1.48 bits per heavy atom. The maximum Gasteiger partial charge on any atom is 0.309 e. The summed E-state index contributed by atoms with van der Waals surface area (Å²) in [5.41, 5.74) is 0. The SMILES string of the molecule is COC(=O)C1CCCN(S(=O)(=O)c2ccc(Br)cc2Cl)C1. The van der Waals surface area contributed by atoms with Gasteiger partial charge in [-0.15, -0.1) is 0 Å². The lowest BCUT2D eigenvalue weighted by atomic mass is 10.0. The fraction of sp³-hybridized carbons (Fsp3) is 0.462. The number of benzene rings is 1. The Balaban J connectivity index is 2.28. The molecule has 0 N–H and O–H groups in total. The second-order valence-corrected chi connectivity index (χ2v) is 8.03. The predicted molar refractivity (Wildman–Crippen MR) is 82.7 cm³/mol. The lowest BCUT2D eigenvalue weighted by Gasteiger charge is -2.30. The third-order valence-corrected chi connectivity index (χ3v) is 6.27. The highest BCUT2D eigenvalue weighted by atomic mass is 79.9. The second-order valence-electron chi connectivity index (χ2n) is 4.80. The Hall–Kier alpha value is -0.630. The van der Waals surface area contributed by atoms with E-state index in [0.29, 0.717) is 23.9 Å². The van der Waals surface area contributed by atoms with Crippen LogP contribution in [0.1, 0.15) is 12.8 Å². The molecule has 0 amide bonds. The summed E-state index contributed by atoms with van der Waals surface area (Å²) < 4.78 is 32.0. The van der Waals surface area contributed by atoms with Crippen molar-refractivity contribution in [3.63, 3.8) is 0 Å². The first-order chi connectivity index (χ1) is 9.86. The minimum Gasteiger partial charge on any atom is -0.469 e. The van der Waals surface area contributed by atoms with Crippen LogP contribution in [0.25, 0.3) is 0 Å². The van der Waals surface area contributed by atoms with E-state index in [-0.39, 0.29) is 22.4 Å². The molecule has 116 valence electrons. The topological polar surface area (TPSA) is 63.7 Å². The molecule has 0 aromatic heterocycles. The highest BCUT2D eigenvalue weighted by molar-refractivity contribution is 9.10. The van der Waals surface area contributed by atoms with Crippen LogP contribution in [-0.2, 0) is 19.6 Å². The molecule has 0 radical (unpaired) electrons. The molecule has 8 heteroatoms. The van der Waals surface area contributed by atoms with E-state index in [2.05, 4.69) is 15.9 Å². The molecule has 1 aliphatic heterocycles. The van der Waals surface area contributed by atoms with E-state index in [9.17, 15) is 13.2 Å². The summed E-state index contributed by atoms with van der Waals surface area (Å²) in [6.45, 7) is 0.504. The number of hydrogen-bond acceptors (Lipinski definition) is 4. The summed E-state index contributed by atoms with van der Waals surface area (Å²) in [4.78, 5) is 11.7. The molecule has 2 rings (SSSR count). The van der Waals surface area contributed by atoms with Crippen molar-refractivity contribution < 1.29 is 17.9 Å². The fourth-order valence-electron chi connectivity index (χ4n) is 2.34. The number of esters is 1. The normalized spacial score (nSPS) is 20.2. The van der Waals surface area contributed by atoms with Gasteiger partial charge in [0.25, 0.3) is 0 Å². The maximum absolute atomic E-state index is 12.6. The molecule has 1 aliphatic rings. The van der Waals surface area contributed by atoms with E-state index < -0.39 is 15.9 Å². The van der Waals surface area contributed by atoms with Crippen molar-refractivity contribution >= 4 is 43.5 Å². The third-order valence-electron chi connectivity index (χ3n) is 3.43. The van der Waals surface area contributed by atoms with Crippen LogP contribution in [0.2, 0.25) is 5.02 Å². The van der Waals surface area contributed by atoms with Gasteiger partial charge in [-0.2, -0.15) is 4.31 Å². The Morgan fingerprint density at radius 3 is 2.81 bits per heavy atom. The van der Waals surface area contributed by atoms with Crippen LogP contribution < -0.4 is 0 Å². The highest BCUT2D eigenvalue weighted by Gasteiger charge is 2.34. The molecule has 21 heavy (non-hydrogen) atoms. The van der Waals surface area contributed by atoms with Gasteiger partial charge in [0.2, 0.25) is 10.0 Å². The Labute approximate surface area is 137 Å². The Morgan fingerprint density at radius 2 is 2.19 bits per heavy atom. The minimum absolute atomic E-state index is 0.0536. The number of rotatable bonds is 3. The summed E-state index contributed by atoms with van der Waals surface area (Å²) in [5, 5.41) is 0.157. The van der Waals surface area contributed by atoms with Crippen molar-refractivity contribution in [1.29, 1.82) is 0 Å². The molecule has 0 aliphatic carbocycles. The molecular weight excluding hydrogens is 382 g/mol. The lowest BCUT2D eigenvalue weighted by Crippen LogP contribution is -2.42. The molecule has 1 atom stereocenters. The number of methoxy groups -OCH3 is 1. The van der Waals surface area contributed by atoms with E-state index in [0.717, 1.165) is 0 Å². The van der Waals surface area contributed by atoms with Gasteiger partial charge >= 0.3 is 5.97 Å². The van der Waals surface area contributed by atoms with Gasteiger partial charge in [0.1, 0.15) is 4.90 Å². The van der Waals surface area contributed by atoms with E-state index in [1.807, 2.05) is 0 Å². The van der Waals surface area contributed by atoms with Gasteiger partial charge < -0.3 is 4.74 Å². The van der Waals surface area contributed by atoms with E-state index >= 15 is 0 Å². The molecule has 1 aromatic carbocycles. The van der Waals surface area contributed by atoms with E-state index in [4.69, 9.17) is 16.3 Å². The van der Waals surface area contributed by atoms with Gasteiger partial charge in [0, 0.05) is 17.6 Å². The zero-order valence-corrected chi connectivity index (χ0v) is 14.5. The number of sulfonamides is 1. The molecule has 1 heterocycles. The van der Waals surface area contributed by atoms with Crippen molar-refractivity contribution in [1.82, 2.24) is 4.31 Å². The van der Waals surface area contributed by atoms with Gasteiger partial charge in [0.05, 0.1) is 18.1 Å². The molecule has 1 aromatic rings. The van der Waals surface area contributed by atoms with Crippen LogP contribution in [0.5, 0.6) is 0 Å². The van der Waals surface area contributed by atoms with Crippen molar-refractivity contribution in [2.45, 2.75) is 17.7 Å².